The van der Waals surface area contributed by atoms with Crippen molar-refractivity contribution in [1.82, 2.24) is 24.7 Å². The zero-order valence-corrected chi connectivity index (χ0v) is 12.8. The first-order chi connectivity index (χ1) is 9.61. The van der Waals surface area contributed by atoms with E-state index in [4.69, 9.17) is 11.6 Å². The maximum Gasteiger partial charge on any atom is 0.163 e. The van der Waals surface area contributed by atoms with E-state index in [1.807, 2.05) is 19.3 Å². The molecule has 3 rings (SSSR count). The number of nitrogens with zero attached hydrogens (tertiary/aromatic N) is 5. The van der Waals surface area contributed by atoms with Gasteiger partial charge in [0.2, 0.25) is 0 Å². The highest BCUT2D eigenvalue weighted by atomic mass is 79.9. The van der Waals surface area contributed by atoms with E-state index in [0.29, 0.717) is 11.0 Å². The first-order valence-electron chi connectivity index (χ1n) is 5.76. The van der Waals surface area contributed by atoms with Gasteiger partial charge in [-0.05, 0) is 22.0 Å². The van der Waals surface area contributed by atoms with Gasteiger partial charge in [-0.2, -0.15) is 5.10 Å². The van der Waals surface area contributed by atoms with Crippen molar-refractivity contribution in [3.8, 4) is 22.6 Å². The molecule has 0 spiro atoms. The van der Waals surface area contributed by atoms with Crippen LogP contribution in [-0.4, -0.2) is 24.7 Å². The first kappa shape index (κ1) is 13.2. The molecule has 0 saturated heterocycles. The largest absolute Gasteiger partial charge is 0.275 e. The summed E-state index contributed by atoms with van der Waals surface area (Å²) < 4.78 is 2.58. The average Bonchev–Trinajstić information content (AvgIpc) is 2.85. The fourth-order valence-corrected chi connectivity index (χ4v) is 2.33. The smallest absolute Gasteiger partial charge is 0.163 e. The summed E-state index contributed by atoms with van der Waals surface area (Å²) >= 11 is 9.47. The lowest BCUT2D eigenvalue weighted by Gasteiger charge is -2.04. The molecule has 3 aromatic rings. The summed E-state index contributed by atoms with van der Waals surface area (Å²) in [4.78, 5) is 12.9. The molecule has 3 aromatic heterocycles. The van der Waals surface area contributed by atoms with Gasteiger partial charge in [-0.1, -0.05) is 11.6 Å². The Hall–Kier alpha value is -1.79. The lowest BCUT2D eigenvalue weighted by Crippen LogP contribution is -1.93. The van der Waals surface area contributed by atoms with Crippen LogP contribution in [0, 0.1) is 0 Å². The summed E-state index contributed by atoms with van der Waals surface area (Å²) in [7, 11) is 1.85. The number of hydrogen-bond donors (Lipinski definition) is 0. The molecule has 0 unspecified atom stereocenters. The Bertz CT molecular complexity index is 771. The van der Waals surface area contributed by atoms with Gasteiger partial charge in [0.05, 0.1) is 11.9 Å². The minimum absolute atomic E-state index is 0.383. The number of rotatable bonds is 2. The Morgan fingerprint density at radius 2 is 1.95 bits per heavy atom. The zero-order valence-electron chi connectivity index (χ0n) is 10.5. The molecule has 0 atom stereocenters. The summed E-state index contributed by atoms with van der Waals surface area (Å²) in [5.41, 5.74) is 2.42. The molecule has 0 radical (unpaired) electrons. The lowest BCUT2D eigenvalue weighted by atomic mass is 10.2. The van der Waals surface area contributed by atoms with Crippen molar-refractivity contribution >= 4 is 27.5 Å². The summed E-state index contributed by atoms with van der Waals surface area (Å²) in [6.45, 7) is 0. The highest BCUT2D eigenvalue weighted by Crippen LogP contribution is 2.24. The van der Waals surface area contributed by atoms with Crippen LogP contribution in [0.15, 0.2) is 41.4 Å². The summed E-state index contributed by atoms with van der Waals surface area (Å²) in [6.07, 6.45) is 7.02. The van der Waals surface area contributed by atoms with Gasteiger partial charge in [-0.25, -0.2) is 9.97 Å². The van der Waals surface area contributed by atoms with E-state index in [2.05, 4.69) is 36.0 Å². The molecule has 0 aromatic carbocycles. The summed E-state index contributed by atoms with van der Waals surface area (Å²) in [6, 6.07) is 3.61. The summed E-state index contributed by atoms with van der Waals surface area (Å²) in [5, 5.41) is 4.52. The zero-order chi connectivity index (χ0) is 14.1. The van der Waals surface area contributed by atoms with E-state index >= 15 is 0 Å². The Labute approximate surface area is 128 Å². The topological polar surface area (TPSA) is 56.5 Å². The third-order valence-electron chi connectivity index (χ3n) is 2.66. The minimum Gasteiger partial charge on any atom is -0.275 e. The van der Waals surface area contributed by atoms with Crippen LogP contribution in [-0.2, 0) is 7.05 Å². The van der Waals surface area contributed by atoms with Gasteiger partial charge in [-0.3, -0.25) is 9.67 Å². The van der Waals surface area contributed by atoms with Crippen LogP contribution in [0.3, 0.4) is 0 Å². The Morgan fingerprint density at radius 3 is 2.65 bits per heavy atom. The Kier molecular flexibility index (Phi) is 3.50. The SMILES string of the molecule is Cn1cc(-c2cc(Cl)nc(-c3cncc(Br)c3)n2)cn1. The van der Waals surface area contributed by atoms with Crippen LogP contribution in [0.4, 0.5) is 0 Å². The van der Waals surface area contributed by atoms with Crippen molar-refractivity contribution in [3.05, 3.63) is 46.5 Å². The summed E-state index contributed by atoms with van der Waals surface area (Å²) in [5.74, 6) is 0.533. The van der Waals surface area contributed by atoms with Gasteiger partial charge >= 0.3 is 0 Å². The Balaban J connectivity index is 2.11. The van der Waals surface area contributed by atoms with E-state index in [0.717, 1.165) is 21.3 Å². The number of aromatic nitrogens is 5. The molecular weight excluding hydrogens is 342 g/mol. The maximum absolute atomic E-state index is 6.09. The van der Waals surface area contributed by atoms with Gasteiger partial charge in [0.25, 0.3) is 0 Å². The fourth-order valence-electron chi connectivity index (χ4n) is 1.78. The molecule has 100 valence electrons. The fraction of sp³-hybridized carbons (Fsp3) is 0.0769. The number of halogens is 2. The van der Waals surface area contributed by atoms with Gasteiger partial charge in [0.15, 0.2) is 5.82 Å². The molecule has 5 nitrogen and oxygen atoms in total. The molecule has 0 saturated carbocycles. The molecule has 0 aliphatic heterocycles. The first-order valence-corrected chi connectivity index (χ1v) is 6.93. The normalized spacial score (nSPS) is 10.8. The standard InChI is InChI=1S/C13H9BrClN5/c1-20-7-9(5-17-20)11-3-12(15)19-13(18-11)8-2-10(14)6-16-4-8/h2-7H,1H3. The predicted octanol–water partition coefficient (Wildman–Crippen LogP) is 3.36. The van der Waals surface area contributed by atoms with Crippen LogP contribution >= 0.6 is 27.5 Å². The van der Waals surface area contributed by atoms with Crippen molar-refractivity contribution < 1.29 is 0 Å². The van der Waals surface area contributed by atoms with Crippen LogP contribution in [0.5, 0.6) is 0 Å². The highest BCUT2D eigenvalue weighted by molar-refractivity contribution is 9.10. The van der Waals surface area contributed by atoms with Crippen molar-refractivity contribution in [3.63, 3.8) is 0 Å². The maximum atomic E-state index is 6.09. The van der Waals surface area contributed by atoms with Crippen LogP contribution in [0.25, 0.3) is 22.6 Å². The predicted molar refractivity (Wildman–Crippen MR) is 80.2 cm³/mol. The van der Waals surface area contributed by atoms with Crippen LogP contribution in [0.1, 0.15) is 0 Å². The lowest BCUT2D eigenvalue weighted by molar-refractivity contribution is 0.768. The van der Waals surface area contributed by atoms with Gasteiger partial charge in [-0.15, -0.1) is 0 Å². The third-order valence-corrected chi connectivity index (χ3v) is 3.29. The van der Waals surface area contributed by atoms with Crippen molar-refractivity contribution in [2.24, 2.45) is 7.05 Å². The number of pyridine rings is 1. The molecule has 0 aliphatic rings. The second-order valence-electron chi connectivity index (χ2n) is 4.19. The van der Waals surface area contributed by atoms with Crippen molar-refractivity contribution in [2.45, 2.75) is 0 Å². The highest BCUT2D eigenvalue weighted by Gasteiger charge is 2.09. The van der Waals surface area contributed by atoms with Crippen molar-refractivity contribution in [1.29, 1.82) is 0 Å². The minimum atomic E-state index is 0.383. The van der Waals surface area contributed by atoms with E-state index in [-0.39, 0.29) is 0 Å². The van der Waals surface area contributed by atoms with E-state index in [9.17, 15) is 0 Å². The third kappa shape index (κ3) is 2.71. The number of hydrogen-bond acceptors (Lipinski definition) is 4. The molecule has 3 heterocycles. The van der Waals surface area contributed by atoms with E-state index in [1.165, 1.54) is 0 Å². The quantitative estimate of drug-likeness (QED) is 0.665. The number of aryl methyl sites for hydroxylation is 1. The average molecular weight is 351 g/mol. The van der Waals surface area contributed by atoms with E-state index < -0.39 is 0 Å². The van der Waals surface area contributed by atoms with E-state index in [1.54, 1.807) is 29.3 Å². The van der Waals surface area contributed by atoms with Crippen LogP contribution in [0.2, 0.25) is 5.15 Å². The molecule has 0 aliphatic carbocycles. The molecular formula is C13H9BrClN5. The molecule has 0 fully saturated rings. The molecule has 0 amide bonds. The monoisotopic (exact) mass is 349 g/mol. The Morgan fingerprint density at radius 1 is 1.10 bits per heavy atom. The molecule has 0 N–H and O–H groups in total. The van der Waals surface area contributed by atoms with Crippen molar-refractivity contribution in [2.75, 3.05) is 0 Å². The molecule has 7 heteroatoms. The molecule has 20 heavy (non-hydrogen) atoms. The van der Waals surface area contributed by atoms with Gasteiger partial charge < -0.3 is 0 Å². The molecule has 0 bridgehead atoms. The van der Waals surface area contributed by atoms with Gasteiger partial charge in [0, 0.05) is 47.3 Å². The second-order valence-corrected chi connectivity index (χ2v) is 5.50. The van der Waals surface area contributed by atoms with Gasteiger partial charge in [0.1, 0.15) is 5.15 Å². The second kappa shape index (κ2) is 5.30. The van der Waals surface area contributed by atoms with Crippen LogP contribution < -0.4 is 0 Å².